The van der Waals surface area contributed by atoms with Gasteiger partial charge in [-0.1, -0.05) is 0 Å². The smallest absolute Gasteiger partial charge is 0.254 e. The Morgan fingerprint density at radius 2 is 2.22 bits per heavy atom. The van der Waals surface area contributed by atoms with Gasteiger partial charge in [-0.25, -0.2) is 18.1 Å². The van der Waals surface area contributed by atoms with E-state index in [2.05, 4.69) is 9.71 Å². The van der Waals surface area contributed by atoms with Crippen LogP contribution in [-0.2, 0) is 10.0 Å². The summed E-state index contributed by atoms with van der Waals surface area (Å²) in [6, 6.07) is 3.49. The van der Waals surface area contributed by atoms with Gasteiger partial charge in [0, 0.05) is 45.5 Å². The maximum absolute atomic E-state index is 12.7. The van der Waals surface area contributed by atoms with Crippen molar-refractivity contribution in [1.29, 1.82) is 0 Å². The van der Waals surface area contributed by atoms with Gasteiger partial charge in [0.15, 0.2) is 0 Å². The van der Waals surface area contributed by atoms with Crippen LogP contribution >= 0.6 is 0 Å². The van der Waals surface area contributed by atoms with E-state index in [1.165, 1.54) is 0 Å². The minimum atomic E-state index is -3.20. The van der Waals surface area contributed by atoms with E-state index in [9.17, 15) is 13.2 Å². The minimum Gasteiger partial charge on any atom is -0.363 e. The van der Waals surface area contributed by atoms with Gasteiger partial charge < -0.3 is 9.80 Å². The van der Waals surface area contributed by atoms with Crippen LogP contribution in [0.15, 0.2) is 18.3 Å². The van der Waals surface area contributed by atoms with Crippen LogP contribution in [0.25, 0.3) is 0 Å². The first kappa shape index (κ1) is 17.7. The first-order chi connectivity index (χ1) is 10.8. The molecule has 1 atom stereocenters. The maximum Gasteiger partial charge on any atom is 0.254 e. The molecule has 0 radical (unpaired) electrons. The molecule has 1 aliphatic rings. The van der Waals surface area contributed by atoms with E-state index in [-0.39, 0.29) is 11.8 Å². The highest BCUT2D eigenvalue weighted by Gasteiger charge is 2.25. The van der Waals surface area contributed by atoms with E-state index in [1.807, 2.05) is 19.0 Å². The Morgan fingerprint density at radius 1 is 1.48 bits per heavy atom. The van der Waals surface area contributed by atoms with Crippen molar-refractivity contribution in [3.63, 3.8) is 0 Å². The number of piperidine rings is 1. The van der Waals surface area contributed by atoms with E-state index in [1.54, 1.807) is 23.2 Å². The molecule has 7 nitrogen and oxygen atoms in total. The number of carbonyl (C=O) groups excluding carboxylic acids is 1. The zero-order chi connectivity index (χ0) is 17.0. The summed E-state index contributed by atoms with van der Waals surface area (Å²) in [7, 11) is 0.563. The number of nitrogens with one attached hydrogen (secondary N) is 1. The van der Waals surface area contributed by atoms with Crippen molar-refractivity contribution in [2.45, 2.75) is 12.8 Å². The second kappa shape index (κ2) is 7.27. The Kier molecular flexibility index (Phi) is 5.59. The van der Waals surface area contributed by atoms with Gasteiger partial charge in [0.1, 0.15) is 5.82 Å². The van der Waals surface area contributed by atoms with Gasteiger partial charge in [-0.3, -0.25) is 4.79 Å². The molecule has 1 aromatic rings. The zero-order valence-electron chi connectivity index (χ0n) is 13.8. The van der Waals surface area contributed by atoms with Gasteiger partial charge in [0.2, 0.25) is 10.0 Å². The third-order valence-electron chi connectivity index (χ3n) is 3.89. The van der Waals surface area contributed by atoms with Crippen molar-refractivity contribution < 1.29 is 13.2 Å². The molecule has 0 unspecified atom stereocenters. The number of hydrogen-bond acceptors (Lipinski definition) is 5. The van der Waals surface area contributed by atoms with Crippen molar-refractivity contribution in [2.24, 2.45) is 5.92 Å². The molecule has 2 heterocycles. The Labute approximate surface area is 137 Å². The summed E-state index contributed by atoms with van der Waals surface area (Å²) in [6.45, 7) is 1.65. The molecule has 1 amide bonds. The molecule has 2 rings (SSSR count). The van der Waals surface area contributed by atoms with Crippen molar-refractivity contribution in [3.8, 4) is 0 Å². The third-order valence-corrected chi connectivity index (χ3v) is 4.58. The Hall–Kier alpha value is -1.67. The average Bonchev–Trinajstić information content (AvgIpc) is 2.52. The molecule has 0 saturated carbocycles. The molecule has 1 saturated heterocycles. The predicted molar refractivity (Wildman–Crippen MR) is 90.0 cm³/mol. The Bertz CT molecular complexity index is 660. The lowest BCUT2D eigenvalue weighted by Gasteiger charge is -2.33. The maximum atomic E-state index is 12.7. The van der Waals surface area contributed by atoms with Crippen molar-refractivity contribution in [2.75, 3.05) is 44.9 Å². The first-order valence-corrected chi connectivity index (χ1v) is 9.52. The average molecular weight is 340 g/mol. The summed E-state index contributed by atoms with van der Waals surface area (Å²) < 4.78 is 25.0. The van der Waals surface area contributed by atoms with Crippen LogP contribution < -0.4 is 9.62 Å². The summed E-state index contributed by atoms with van der Waals surface area (Å²) in [5, 5.41) is 0. The van der Waals surface area contributed by atoms with Crippen LogP contribution in [0, 0.1) is 5.92 Å². The first-order valence-electron chi connectivity index (χ1n) is 7.63. The van der Waals surface area contributed by atoms with Gasteiger partial charge in [-0.05, 0) is 30.9 Å². The largest absolute Gasteiger partial charge is 0.363 e. The van der Waals surface area contributed by atoms with Crippen LogP contribution in [0.2, 0.25) is 0 Å². The Balaban J connectivity index is 2.03. The summed E-state index contributed by atoms with van der Waals surface area (Å²) in [4.78, 5) is 20.5. The molecule has 0 aliphatic carbocycles. The fourth-order valence-corrected chi connectivity index (χ4v) is 3.20. The van der Waals surface area contributed by atoms with Crippen molar-refractivity contribution in [3.05, 3.63) is 23.9 Å². The van der Waals surface area contributed by atoms with Crippen LogP contribution in [-0.4, -0.2) is 64.2 Å². The fraction of sp³-hybridized carbons (Fsp3) is 0.600. The standard InChI is InChI=1S/C15H24N4O3S/c1-18(2)14-9-13(6-7-16-14)15(20)19-8-4-5-12(11-19)10-17-23(3,21)22/h6-7,9,12,17H,4-5,8,10-11H2,1-3H3/t12-/m1/s1. The number of aromatic nitrogens is 1. The predicted octanol–water partition coefficient (Wildman–Crippen LogP) is 0.549. The molecular formula is C15H24N4O3S. The highest BCUT2D eigenvalue weighted by Crippen LogP contribution is 2.19. The molecule has 0 aromatic carbocycles. The lowest BCUT2D eigenvalue weighted by molar-refractivity contribution is 0.0676. The second-order valence-electron chi connectivity index (χ2n) is 6.18. The summed E-state index contributed by atoms with van der Waals surface area (Å²) >= 11 is 0. The molecule has 1 aromatic heterocycles. The number of carbonyl (C=O) groups is 1. The number of hydrogen-bond donors (Lipinski definition) is 1. The van der Waals surface area contributed by atoms with Crippen molar-refractivity contribution in [1.82, 2.24) is 14.6 Å². The van der Waals surface area contributed by atoms with Gasteiger partial charge in [0.05, 0.1) is 6.26 Å². The number of rotatable bonds is 5. The van der Waals surface area contributed by atoms with Gasteiger partial charge >= 0.3 is 0 Å². The molecular weight excluding hydrogens is 316 g/mol. The lowest BCUT2D eigenvalue weighted by Crippen LogP contribution is -2.43. The molecule has 23 heavy (non-hydrogen) atoms. The summed E-state index contributed by atoms with van der Waals surface area (Å²) in [6.07, 6.45) is 4.59. The Morgan fingerprint density at radius 3 is 2.87 bits per heavy atom. The van der Waals surface area contributed by atoms with Gasteiger partial charge in [0.25, 0.3) is 5.91 Å². The van der Waals surface area contributed by atoms with E-state index >= 15 is 0 Å². The number of pyridine rings is 1. The van der Waals surface area contributed by atoms with Gasteiger partial charge in [-0.2, -0.15) is 0 Å². The number of sulfonamides is 1. The minimum absolute atomic E-state index is 0.0282. The molecule has 0 spiro atoms. The van der Waals surface area contributed by atoms with Crippen LogP contribution in [0.1, 0.15) is 23.2 Å². The third kappa shape index (κ3) is 5.18. The zero-order valence-corrected chi connectivity index (χ0v) is 14.6. The van der Waals surface area contributed by atoms with Crippen LogP contribution in [0.3, 0.4) is 0 Å². The molecule has 0 bridgehead atoms. The van der Waals surface area contributed by atoms with E-state index in [0.717, 1.165) is 24.9 Å². The van der Waals surface area contributed by atoms with Gasteiger partial charge in [-0.15, -0.1) is 0 Å². The number of nitrogens with zero attached hydrogens (tertiary/aromatic N) is 3. The van der Waals surface area contributed by atoms with E-state index < -0.39 is 10.0 Å². The highest BCUT2D eigenvalue weighted by atomic mass is 32.2. The number of likely N-dealkylation sites (tertiary alicyclic amines) is 1. The quantitative estimate of drug-likeness (QED) is 0.846. The van der Waals surface area contributed by atoms with E-state index in [4.69, 9.17) is 0 Å². The topological polar surface area (TPSA) is 82.6 Å². The summed E-state index contributed by atoms with van der Waals surface area (Å²) in [5.41, 5.74) is 0.612. The second-order valence-corrected chi connectivity index (χ2v) is 8.01. The molecule has 128 valence electrons. The molecule has 8 heteroatoms. The molecule has 1 N–H and O–H groups in total. The molecule has 1 fully saturated rings. The number of amides is 1. The fourth-order valence-electron chi connectivity index (χ4n) is 2.66. The summed E-state index contributed by atoms with van der Waals surface area (Å²) in [5.74, 6) is 0.861. The highest BCUT2D eigenvalue weighted by molar-refractivity contribution is 7.88. The van der Waals surface area contributed by atoms with Crippen molar-refractivity contribution >= 4 is 21.7 Å². The lowest BCUT2D eigenvalue weighted by atomic mass is 9.97. The monoisotopic (exact) mass is 340 g/mol. The van der Waals surface area contributed by atoms with Crippen LogP contribution in [0.4, 0.5) is 5.82 Å². The van der Waals surface area contributed by atoms with E-state index in [0.29, 0.717) is 25.2 Å². The normalized spacial score (nSPS) is 18.7. The molecule has 1 aliphatic heterocycles. The SMILES string of the molecule is CN(C)c1cc(C(=O)N2CCC[C@H](CNS(C)(=O)=O)C2)ccn1. The number of anilines is 1. The van der Waals surface area contributed by atoms with Crippen LogP contribution in [0.5, 0.6) is 0 Å².